The van der Waals surface area contributed by atoms with Crippen LogP contribution in [-0.2, 0) is 11.3 Å². The molecule has 1 aromatic heterocycles. The van der Waals surface area contributed by atoms with Crippen molar-refractivity contribution in [1.82, 2.24) is 15.5 Å². The first-order valence-electron chi connectivity index (χ1n) is 7.00. The van der Waals surface area contributed by atoms with E-state index in [1.165, 1.54) is 19.3 Å². The smallest absolute Gasteiger partial charge is 0.240 e. The second kappa shape index (κ2) is 6.65. The Balaban J connectivity index is 1.87. The molecular formula is C13H22N4O2. The summed E-state index contributed by atoms with van der Waals surface area (Å²) in [6, 6.07) is 0. The third-order valence-electron chi connectivity index (χ3n) is 3.78. The molecule has 2 unspecified atom stereocenters. The van der Waals surface area contributed by atoms with Crippen molar-refractivity contribution < 1.29 is 9.32 Å². The number of nitrogens with two attached hydrogens (primary N) is 1. The highest BCUT2D eigenvalue weighted by atomic mass is 16.5. The molecule has 19 heavy (non-hydrogen) atoms. The van der Waals surface area contributed by atoms with Gasteiger partial charge in [-0.1, -0.05) is 31.3 Å². The van der Waals surface area contributed by atoms with Crippen molar-refractivity contribution in [2.24, 2.45) is 11.7 Å². The lowest BCUT2D eigenvalue weighted by Crippen LogP contribution is -2.28. The Morgan fingerprint density at radius 1 is 1.53 bits per heavy atom. The fraction of sp³-hybridized carbons (Fsp3) is 0.769. The highest BCUT2D eigenvalue weighted by Crippen LogP contribution is 2.36. The number of nitrogens with one attached hydrogen (secondary N) is 1. The number of primary amides is 1. The summed E-state index contributed by atoms with van der Waals surface area (Å²) in [5.41, 5.74) is 5.04. The van der Waals surface area contributed by atoms with Crippen LogP contribution in [0.4, 0.5) is 0 Å². The standard InChI is InChI=1S/C13H22N4O2/c1-2-9-4-3-5-10(6-9)13-16-12(19-17-13)8-15-7-11(14)18/h9-10,15H,2-8H2,1H3,(H2,14,18). The number of carbonyl (C=O) groups is 1. The minimum absolute atomic E-state index is 0.124. The molecule has 1 heterocycles. The van der Waals surface area contributed by atoms with E-state index in [2.05, 4.69) is 22.4 Å². The molecule has 1 aliphatic rings. The van der Waals surface area contributed by atoms with Gasteiger partial charge in [-0.25, -0.2) is 0 Å². The number of rotatable bonds is 6. The Bertz CT molecular complexity index is 419. The van der Waals surface area contributed by atoms with Gasteiger partial charge in [-0.05, 0) is 18.8 Å². The van der Waals surface area contributed by atoms with Gasteiger partial charge in [-0.15, -0.1) is 0 Å². The van der Waals surface area contributed by atoms with Crippen LogP contribution in [0, 0.1) is 5.92 Å². The highest BCUT2D eigenvalue weighted by molar-refractivity contribution is 5.75. The van der Waals surface area contributed by atoms with Crippen molar-refractivity contribution in [3.05, 3.63) is 11.7 Å². The van der Waals surface area contributed by atoms with Gasteiger partial charge in [-0.2, -0.15) is 4.98 Å². The van der Waals surface area contributed by atoms with Gasteiger partial charge in [0.15, 0.2) is 5.82 Å². The van der Waals surface area contributed by atoms with Crippen LogP contribution in [-0.4, -0.2) is 22.6 Å². The van der Waals surface area contributed by atoms with Crippen LogP contribution >= 0.6 is 0 Å². The highest BCUT2D eigenvalue weighted by Gasteiger charge is 2.25. The molecule has 1 aromatic rings. The van der Waals surface area contributed by atoms with E-state index in [1.807, 2.05) is 0 Å². The maximum atomic E-state index is 10.6. The zero-order valence-electron chi connectivity index (χ0n) is 11.4. The monoisotopic (exact) mass is 266 g/mol. The van der Waals surface area contributed by atoms with Crippen LogP contribution in [0.2, 0.25) is 0 Å². The molecule has 1 fully saturated rings. The summed E-state index contributed by atoms with van der Waals surface area (Å²) in [5.74, 6) is 2.16. The summed E-state index contributed by atoms with van der Waals surface area (Å²) in [4.78, 5) is 15.0. The summed E-state index contributed by atoms with van der Waals surface area (Å²) in [6.45, 7) is 2.75. The summed E-state index contributed by atoms with van der Waals surface area (Å²) in [7, 11) is 0. The van der Waals surface area contributed by atoms with Crippen LogP contribution in [0.25, 0.3) is 0 Å². The Morgan fingerprint density at radius 3 is 3.11 bits per heavy atom. The molecule has 106 valence electrons. The topological polar surface area (TPSA) is 94.0 Å². The van der Waals surface area contributed by atoms with Gasteiger partial charge in [-0.3, -0.25) is 10.1 Å². The minimum atomic E-state index is -0.391. The van der Waals surface area contributed by atoms with E-state index >= 15 is 0 Å². The largest absolute Gasteiger partial charge is 0.369 e. The molecule has 1 amide bonds. The number of nitrogens with zero attached hydrogens (tertiary/aromatic N) is 2. The lowest BCUT2D eigenvalue weighted by molar-refractivity contribution is -0.117. The van der Waals surface area contributed by atoms with Gasteiger partial charge < -0.3 is 10.3 Å². The van der Waals surface area contributed by atoms with Gasteiger partial charge in [0.2, 0.25) is 11.8 Å². The molecule has 6 nitrogen and oxygen atoms in total. The van der Waals surface area contributed by atoms with Gasteiger partial charge in [0.1, 0.15) is 0 Å². The Kier molecular flexibility index (Phi) is 4.90. The number of aromatic nitrogens is 2. The second-order valence-electron chi connectivity index (χ2n) is 5.25. The van der Waals surface area contributed by atoms with Crippen molar-refractivity contribution in [2.75, 3.05) is 6.54 Å². The Morgan fingerprint density at radius 2 is 2.37 bits per heavy atom. The maximum absolute atomic E-state index is 10.6. The van der Waals surface area contributed by atoms with E-state index < -0.39 is 5.91 Å². The molecule has 3 N–H and O–H groups in total. The van der Waals surface area contributed by atoms with E-state index in [1.54, 1.807) is 0 Å². The molecule has 0 bridgehead atoms. The first kappa shape index (κ1) is 14.0. The van der Waals surface area contributed by atoms with Gasteiger partial charge >= 0.3 is 0 Å². The minimum Gasteiger partial charge on any atom is -0.369 e. The third kappa shape index (κ3) is 4.02. The van der Waals surface area contributed by atoms with Crippen LogP contribution in [0.1, 0.15) is 56.7 Å². The predicted molar refractivity (Wildman–Crippen MR) is 70.2 cm³/mol. The zero-order chi connectivity index (χ0) is 13.7. The Labute approximate surface area is 113 Å². The molecule has 0 radical (unpaired) electrons. The third-order valence-corrected chi connectivity index (χ3v) is 3.78. The molecule has 6 heteroatoms. The lowest BCUT2D eigenvalue weighted by atomic mass is 9.80. The average molecular weight is 266 g/mol. The average Bonchev–Trinajstić information content (AvgIpc) is 2.87. The Hall–Kier alpha value is -1.43. The summed E-state index contributed by atoms with van der Waals surface area (Å²) >= 11 is 0. The maximum Gasteiger partial charge on any atom is 0.240 e. The fourth-order valence-electron chi connectivity index (χ4n) is 2.69. The van der Waals surface area contributed by atoms with Crippen LogP contribution < -0.4 is 11.1 Å². The van der Waals surface area contributed by atoms with Crippen LogP contribution in [0.15, 0.2) is 4.52 Å². The molecule has 2 atom stereocenters. The molecule has 1 saturated carbocycles. The van der Waals surface area contributed by atoms with E-state index in [9.17, 15) is 4.79 Å². The van der Waals surface area contributed by atoms with Crippen molar-refractivity contribution >= 4 is 5.91 Å². The van der Waals surface area contributed by atoms with E-state index in [0.717, 1.165) is 24.6 Å². The molecule has 0 saturated heterocycles. The van der Waals surface area contributed by atoms with Gasteiger partial charge in [0.25, 0.3) is 0 Å². The number of hydrogen-bond acceptors (Lipinski definition) is 5. The van der Waals surface area contributed by atoms with E-state index in [-0.39, 0.29) is 6.54 Å². The lowest BCUT2D eigenvalue weighted by Gasteiger charge is -2.26. The van der Waals surface area contributed by atoms with E-state index in [0.29, 0.717) is 18.4 Å². The predicted octanol–water partition coefficient (Wildman–Crippen LogP) is 1.33. The molecule has 0 aliphatic heterocycles. The number of carbonyl (C=O) groups excluding carboxylic acids is 1. The first-order chi connectivity index (χ1) is 9.19. The van der Waals surface area contributed by atoms with Crippen LogP contribution in [0.5, 0.6) is 0 Å². The fourth-order valence-corrected chi connectivity index (χ4v) is 2.69. The quantitative estimate of drug-likeness (QED) is 0.810. The van der Waals surface area contributed by atoms with Crippen molar-refractivity contribution in [2.45, 2.75) is 51.5 Å². The van der Waals surface area contributed by atoms with Crippen molar-refractivity contribution in [3.8, 4) is 0 Å². The number of amides is 1. The van der Waals surface area contributed by atoms with Crippen LogP contribution in [0.3, 0.4) is 0 Å². The number of hydrogen-bond donors (Lipinski definition) is 2. The molecule has 0 spiro atoms. The molecule has 2 rings (SSSR count). The molecule has 0 aromatic carbocycles. The molecule has 1 aliphatic carbocycles. The van der Waals surface area contributed by atoms with E-state index in [4.69, 9.17) is 10.3 Å². The normalized spacial score (nSPS) is 23.4. The first-order valence-corrected chi connectivity index (χ1v) is 7.00. The molecular weight excluding hydrogens is 244 g/mol. The zero-order valence-corrected chi connectivity index (χ0v) is 11.4. The van der Waals surface area contributed by atoms with Gasteiger partial charge in [0, 0.05) is 5.92 Å². The summed E-state index contributed by atoms with van der Waals surface area (Å²) < 4.78 is 5.19. The summed E-state index contributed by atoms with van der Waals surface area (Å²) in [6.07, 6.45) is 6.08. The SMILES string of the molecule is CCC1CCCC(c2noc(CNCC(N)=O)n2)C1. The van der Waals surface area contributed by atoms with Crippen molar-refractivity contribution in [1.29, 1.82) is 0 Å². The second-order valence-corrected chi connectivity index (χ2v) is 5.25. The van der Waals surface area contributed by atoms with Crippen molar-refractivity contribution in [3.63, 3.8) is 0 Å². The van der Waals surface area contributed by atoms with Gasteiger partial charge in [0.05, 0.1) is 13.1 Å². The summed E-state index contributed by atoms with van der Waals surface area (Å²) in [5, 5.41) is 6.93.